The Morgan fingerprint density at radius 1 is 0.603 bits per heavy atom. The average Bonchev–Trinajstić information content (AvgIpc) is 3.71. The number of esters is 6. The second-order valence-corrected chi connectivity index (χ2v) is 15.9. The van der Waals surface area contributed by atoms with Gasteiger partial charge in [-0.25, -0.2) is 0 Å². The molecule has 7 aliphatic heterocycles. The summed E-state index contributed by atoms with van der Waals surface area (Å²) in [5.41, 5.74) is -6.60. The van der Waals surface area contributed by atoms with Crippen molar-refractivity contribution in [3.63, 3.8) is 0 Å². The molecule has 3 spiro atoms. The molecule has 22 nitrogen and oxygen atoms in total. The van der Waals surface area contributed by atoms with E-state index in [1.165, 1.54) is 0 Å². The smallest absolute Gasteiger partial charge is 0.303 e. The summed E-state index contributed by atoms with van der Waals surface area (Å²) >= 11 is 0. The van der Waals surface area contributed by atoms with Gasteiger partial charge in [-0.05, 0) is 13.3 Å². The molecular formula is C36H46O22. The molecule has 322 valence electrons. The Morgan fingerprint density at radius 3 is 1.53 bits per heavy atom. The molecule has 0 radical (unpaired) electrons. The summed E-state index contributed by atoms with van der Waals surface area (Å²) in [6, 6.07) is 0. The summed E-state index contributed by atoms with van der Waals surface area (Å²) in [6.45, 7) is 7.03. The molecule has 2 aliphatic carbocycles. The van der Waals surface area contributed by atoms with Crippen molar-refractivity contribution in [1.29, 1.82) is 0 Å². The van der Waals surface area contributed by atoms with Gasteiger partial charge in [0, 0.05) is 48.0 Å². The van der Waals surface area contributed by atoms with Gasteiger partial charge in [0.05, 0.1) is 24.2 Å². The Kier molecular flexibility index (Phi) is 9.56. The van der Waals surface area contributed by atoms with Gasteiger partial charge in [-0.1, -0.05) is 0 Å². The Morgan fingerprint density at radius 2 is 1.07 bits per heavy atom. The number of aliphatic hydroxyl groups is 3. The molecule has 9 aliphatic rings. The van der Waals surface area contributed by atoms with Crippen LogP contribution in [0.2, 0.25) is 0 Å². The van der Waals surface area contributed by atoms with Gasteiger partial charge < -0.3 is 76.9 Å². The van der Waals surface area contributed by atoms with E-state index in [4.69, 9.17) is 61.6 Å². The van der Waals surface area contributed by atoms with Gasteiger partial charge in [-0.15, -0.1) is 0 Å². The van der Waals surface area contributed by atoms with E-state index in [0.29, 0.717) is 0 Å². The molecule has 7 saturated heterocycles. The zero-order valence-corrected chi connectivity index (χ0v) is 32.6. The molecule has 0 amide bonds. The monoisotopic (exact) mass is 830 g/mol. The lowest BCUT2D eigenvalue weighted by atomic mass is 9.70. The number of carbonyl (C=O) groups excluding carboxylic acids is 6. The van der Waals surface area contributed by atoms with Crippen LogP contribution < -0.4 is 0 Å². The van der Waals surface area contributed by atoms with Gasteiger partial charge in [0.15, 0.2) is 41.9 Å². The standard InChI is InChI=1S/C36H46O22/c1-13(37)46-10-22-27(49-15(3)39)29(51-17(5)41)25(43)20(53-22)8-31-33(45)24-12-48-32(36(57-24)35(31,34(31,33)58-32)55-19(7)56-36)9-21-26(44)30(52-18(6)42)28(50-16(4)40)23(54-21)11-47-14(2)38/h19-30,43-45H,8-12H2,1-7H3/t19-,20+,21-,22-,23+,24-,25-,26+,27+,28+,29-,30-,31-,32-,33-,34-,35+,36+/m1/s1. The summed E-state index contributed by atoms with van der Waals surface area (Å²) < 4.78 is 77.3. The quantitative estimate of drug-likeness (QED) is 0.134. The molecule has 2 saturated carbocycles. The van der Waals surface area contributed by atoms with Crippen LogP contribution in [-0.2, 0) is 90.3 Å². The van der Waals surface area contributed by atoms with Crippen LogP contribution in [0.4, 0.5) is 0 Å². The molecule has 7 heterocycles. The van der Waals surface area contributed by atoms with Crippen molar-refractivity contribution < 1.29 is 106 Å². The lowest BCUT2D eigenvalue weighted by Crippen LogP contribution is -2.78. The van der Waals surface area contributed by atoms with E-state index >= 15 is 0 Å². The summed E-state index contributed by atoms with van der Waals surface area (Å²) in [4.78, 5) is 72.5. The normalized spacial score (nSPS) is 49.8. The Hall–Kier alpha value is -3.58. The van der Waals surface area contributed by atoms with Gasteiger partial charge >= 0.3 is 35.8 Å². The highest BCUT2D eigenvalue weighted by Crippen LogP contribution is 3.06. The minimum atomic E-state index is -2.00. The van der Waals surface area contributed by atoms with Crippen LogP contribution in [0.3, 0.4) is 0 Å². The lowest BCUT2D eigenvalue weighted by molar-refractivity contribution is -0.454. The van der Waals surface area contributed by atoms with E-state index in [0.717, 1.165) is 41.5 Å². The molecule has 0 aromatic heterocycles. The van der Waals surface area contributed by atoms with Gasteiger partial charge in [0.1, 0.15) is 49.3 Å². The van der Waals surface area contributed by atoms with Crippen LogP contribution in [0.15, 0.2) is 0 Å². The number of hydrogen-bond acceptors (Lipinski definition) is 22. The molecule has 9 rings (SSSR count). The maximum atomic E-state index is 12.6. The topological polar surface area (TPSA) is 283 Å². The van der Waals surface area contributed by atoms with Crippen molar-refractivity contribution in [2.24, 2.45) is 5.41 Å². The largest absolute Gasteiger partial charge is 0.463 e. The van der Waals surface area contributed by atoms with Crippen LogP contribution in [0, 0.1) is 5.41 Å². The summed E-state index contributed by atoms with van der Waals surface area (Å²) in [7, 11) is 0. The van der Waals surface area contributed by atoms with Gasteiger partial charge in [-0.2, -0.15) is 0 Å². The Bertz CT molecular complexity index is 1710. The second kappa shape index (κ2) is 13.5. The first-order valence-corrected chi connectivity index (χ1v) is 18.9. The van der Waals surface area contributed by atoms with Gasteiger partial charge in [-0.3, -0.25) is 28.8 Å². The summed E-state index contributed by atoms with van der Waals surface area (Å²) in [5.74, 6) is -8.61. The van der Waals surface area contributed by atoms with E-state index in [2.05, 4.69) is 0 Å². The van der Waals surface area contributed by atoms with Crippen molar-refractivity contribution in [1.82, 2.24) is 0 Å². The number of hydrogen-bond donors (Lipinski definition) is 3. The van der Waals surface area contributed by atoms with E-state index in [9.17, 15) is 44.1 Å². The minimum absolute atomic E-state index is 0.245. The lowest BCUT2D eigenvalue weighted by Gasteiger charge is -2.57. The maximum absolute atomic E-state index is 12.6. The number of carbonyl (C=O) groups is 6. The molecule has 0 aromatic carbocycles. The summed E-state index contributed by atoms with van der Waals surface area (Å²) in [6.07, 6.45) is -17.2. The maximum Gasteiger partial charge on any atom is 0.303 e. The first-order valence-electron chi connectivity index (χ1n) is 18.9. The van der Waals surface area contributed by atoms with E-state index in [1.807, 2.05) is 0 Å². The molecule has 0 unspecified atom stereocenters. The van der Waals surface area contributed by atoms with Crippen LogP contribution in [0.1, 0.15) is 61.3 Å². The van der Waals surface area contributed by atoms with Crippen LogP contribution in [-0.4, -0.2) is 173 Å². The third-order valence-electron chi connectivity index (χ3n) is 12.6. The van der Waals surface area contributed by atoms with Crippen LogP contribution >= 0.6 is 0 Å². The third kappa shape index (κ3) is 5.13. The molecule has 0 aromatic rings. The summed E-state index contributed by atoms with van der Waals surface area (Å²) in [5, 5.41) is 36.1. The molecule has 5 bridgehead atoms. The molecule has 9 fully saturated rings. The Balaban J connectivity index is 1.13. The van der Waals surface area contributed by atoms with Crippen molar-refractivity contribution in [2.45, 2.75) is 163 Å². The Labute approximate surface area is 329 Å². The third-order valence-corrected chi connectivity index (χ3v) is 12.6. The van der Waals surface area contributed by atoms with Gasteiger partial charge in [0.25, 0.3) is 5.79 Å². The highest BCUT2D eigenvalue weighted by Gasteiger charge is 3.29. The van der Waals surface area contributed by atoms with Crippen molar-refractivity contribution in [2.75, 3.05) is 19.8 Å². The molecule has 3 N–H and O–H groups in total. The average molecular weight is 831 g/mol. The number of aliphatic hydroxyl groups excluding tert-OH is 2. The fourth-order valence-electron chi connectivity index (χ4n) is 11.0. The first-order chi connectivity index (χ1) is 27.2. The number of ether oxygens (including phenoxy) is 13. The minimum Gasteiger partial charge on any atom is -0.463 e. The molecular weight excluding hydrogens is 784 g/mol. The molecule has 18 atom stereocenters. The SMILES string of the molecule is CC(=O)OC[C@@H]1O[C@H](C[C@]23OC[C@H]4O[C@@]25O[C@H](C)O[C@]52[C@]5(C[C@@H]6O[C@H](COC(C)=O)[C@H](OC(C)=O)[C@H](OC(C)=O)[C@@H]6O)[C@@]4(O)[C@]52O3)[C@H](O)[C@@H](OC(C)=O)[C@H]1OC(C)=O. The zero-order valence-electron chi connectivity index (χ0n) is 32.6. The highest BCUT2D eigenvalue weighted by molar-refractivity contribution is 5.73. The van der Waals surface area contributed by atoms with E-state index in [1.54, 1.807) is 6.92 Å². The predicted molar refractivity (Wildman–Crippen MR) is 176 cm³/mol. The van der Waals surface area contributed by atoms with Crippen LogP contribution in [0.5, 0.6) is 0 Å². The zero-order chi connectivity index (χ0) is 42.1. The fraction of sp³-hybridized carbons (Fsp3) is 0.833. The predicted octanol–water partition coefficient (Wildman–Crippen LogP) is -2.66. The van der Waals surface area contributed by atoms with Crippen molar-refractivity contribution in [3.8, 4) is 0 Å². The highest BCUT2D eigenvalue weighted by atomic mass is 16.9. The van der Waals surface area contributed by atoms with E-state index < -0.39 is 163 Å². The first kappa shape index (κ1) is 41.2. The molecule has 22 heteroatoms. The molecule has 58 heavy (non-hydrogen) atoms. The fourth-order valence-corrected chi connectivity index (χ4v) is 11.0. The van der Waals surface area contributed by atoms with Crippen LogP contribution in [0.25, 0.3) is 0 Å². The second-order valence-electron chi connectivity index (χ2n) is 15.9. The van der Waals surface area contributed by atoms with E-state index in [-0.39, 0.29) is 13.0 Å². The number of rotatable bonds is 12. The van der Waals surface area contributed by atoms with Crippen molar-refractivity contribution >= 4 is 35.8 Å². The van der Waals surface area contributed by atoms with Gasteiger partial charge in [0.2, 0.25) is 5.79 Å². The van der Waals surface area contributed by atoms with Crippen molar-refractivity contribution in [3.05, 3.63) is 0 Å².